The van der Waals surface area contributed by atoms with E-state index in [0.717, 1.165) is 114 Å². The van der Waals surface area contributed by atoms with E-state index in [2.05, 4.69) is 55.4 Å². The molecule has 0 aromatic carbocycles. The van der Waals surface area contributed by atoms with Crippen LogP contribution in [0, 0.1) is 23.7 Å². The second-order valence-corrected chi connectivity index (χ2v) is 33.6. The summed E-state index contributed by atoms with van der Waals surface area (Å²) in [4.78, 5) is 73.0. The number of phosphoric ester groups is 2. The third-order valence-corrected chi connectivity index (χ3v) is 20.5. The van der Waals surface area contributed by atoms with Crippen LogP contribution in [0.15, 0.2) is 0 Å². The van der Waals surface area contributed by atoms with E-state index in [9.17, 15) is 43.2 Å². The largest absolute Gasteiger partial charge is 0.472 e. The zero-order valence-corrected chi connectivity index (χ0v) is 66.9. The van der Waals surface area contributed by atoms with Gasteiger partial charge in [0.1, 0.15) is 19.3 Å². The Kier molecular flexibility index (Phi) is 67.8. The minimum absolute atomic E-state index is 0.105. The first-order valence-corrected chi connectivity index (χ1v) is 44.2. The Labute approximate surface area is 607 Å². The molecule has 0 spiro atoms. The summed E-state index contributed by atoms with van der Waals surface area (Å²) in [7, 11) is -9.92. The number of hydrogen-bond acceptors (Lipinski definition) is 15. The fraction of sp³-hybridized carbons (Fsp3) is 0.950. The second kappa shape index (κ2) is 69.1. The Balaban J connectivity index is 5.23. The molecule has 0 saturated carbocycles. The third kappa shape index (κ3) is 74.1. The number of aliphatic hydroxyl groups excluding tert-OH is 1. The summed E-state index contributed by atoms with van der Waals surface area (Å²) in [6.45, 7) is 14.2. The molecule has 3 N–H and O–H groups in total. The minimum Gasteiger partial charge on any atom is -0.462 e. The van der Waals surface area contributed by atoms with Crippen LogP contribution in [0.2, 0.25) is 0 Å². The Morgan fingerprint density at radius 2 is 0.424 bits per heavy atom. The predicted octanol–water partition coefficient (Wildman–Crippen LogP) is 23.6. The van der Waals surface area contributed by atoms with Gasteiger partial charge in [0.2, 0.25) is 0 Å². The van der Waals surface area contributed by atoms with Crippen LogP contribution >= 0.6 is 15.6 Å². The van der Waals surface area contributed by atoms with Crippen molar-refractivity contribution in [3.63, 3.8) is 0 Å². The first-order chi connectivity index (χ1) is 47.6. The van der Waals surface area contributed by atoms with Gasteiger partial charge in [-0.3, -0.25) is 37.3 Å². The highest BCUT2D eigenvalue weighted by molar-refractivity contribution is 7.47. The number of phosphoric acid groups is 2. The molecule has 0 radical (unpaired) electrons. The Bertz CT molecular complexity index is 1940. The monoisotopic (exact) mass is 1450 g/mol. The minimum atomic E-state index is -4.96. The highest BCUT2D eigenvalue weighted by atomic mass is 31.2. The lowest BCUT2D eigenvalue weighted by Crippen LogP contribution is -2.30. The zero-order valence-electron chi connectivity index (χ0n) is 65.1. The Morgan fingerprint density at radius 3 is 0.626 bits per heavy atom. The van der Waals surface area contributed by atoms with Crippen molar-refractivity contribution in [1.82, 2.24) is 0 Å². The van der Waals surface area contributed by atoms with Gasteiger partial charge in [-0.1, -0.05) is 357 Å². The zero-order chi connectivity index (χ0) is 73.1. The lowest BCUT2D eigenvalue weighted by molar-refractivity contribution is -0.161. The van der Waals surface area contributed by atoms with Gasteiger partial charge in [0.15, 0.2) is 12.2 Å². The van der Waals surface area contributed by atoms with Crippen LogP contribution < -0.4 is 0 Å². The Hall–Kier alpha value is -1.94. The highest BCUT2D eigenvalue weighted by Gasteiger charge is 2.30. The molecule has 99 heavy (non-hydrogen) atoms. The number of carbonyl (C=O) groups is 4. The van der Waals surface area contributed by atoms with Crippen LogP contribution in [-0.4, -0.2) is 96.7 Å². The number of hydrogen-bond donors (Lipinski definition) is 3. The van der Waals surface area contributed by atoms with Gasteiger partial charge in [-0.25, -0.2) is 9.13 Å². The molecule has 17 nitrogen and oxygen atoms in total. The average Bonchev–Trinajstić information content (AvgIpc) is 0.940. The average molecular weight is 1450 g/mol. The molecule has 5 atom stereocenters. The molecule has 0 aliphatic rings. The topological polar surface area (TPSA) is 237 Å². The molecule has 0 fully saturated rings. The summed E-state index contributed by atoms with van der Waals surface area (Å²) in [5.41, 5.74) is 0. The molecule has 0 rings (SSSR count). The molecule has 0 aromatic heterocycles. The molecule has 0 amide bonds. The molecule has 19 heteroatoms. The van der Waals surface area contributed by atoms with Crippen molar-refractivity contribution in [2.45, 2.75) is 427 Å². The van der Waals surface area contributed by atoms with Gasteiger partial charge < -0.3 is 33.8 Å². The van der Waals surface area contributed by atoms with Crippen LogP contribution in [0.4, 0.5) is 0 Å². The second-order valence-electron chi connectivity index (χ2n) is 30.7. The molecule has 0 aliphatic carbocycles. The molecule has 2 unspecified atom stereocenters. The number of unbranched alkanes of at least 4 members (excludes halogenated alkanes) is 43. The van der Waals surface area contributed by atoms with Gasteiger partial charge in [-0.2, -0.15) is 0 Å². The van der Waals surface area contributed by atoms with Crippen molar-refractivity contribution < 1.29 is 80.2 Å². The number of esters is 4. The highest BCUT2D eigenvalue weighted by Crippen LogP contribution is 2.45. The predicted molar refractivity (Wildman–Crippen MR) is 404 cm³/mol. The van der Waals surface area contributed by atoms with Gasteiger partial charge in [0.25, 0.3) is 0 Å². The fourth-order valence-electron chi connectivity index (χ4n) is 12.3. The summed E-state index contributed by atoms with van der Waals surface area (Å²) in [6.07, 6.45) is 55.6. The van der Waals surface area contributed by atoms with Crippen LogP contribution in [0.3, 0.4) is 0 Å². The maximum atomic E-state index is 13.1. The smallest absolute Gasteiger partial charge is 0.462 e. The first kappa shape index (κ1) is 97.1. The molecular formula is C80H156O17P2. The summed E-state index contributed by atoms with van der Waals surface area (Å²) >= 11 is 0. The van der Waals surface area contributed by atoms with Crippen LogP contribution in [-0.2, 0) is 65.4 Å². The van der Waals surface area contributed by atoms with Gasteiger partial charge in [-0.15, -0.1) is 0 Å². The van der Waals surface area contributed by atoms with Crippen molar-refractivity contribution >= 4 is 39.5 Å². The van der Waals surface area contributed by atoms with Crippen molar-refractivity contribution in [2.75, 3.05) is 39.6 Å². The van der Waals surface area contributed by atoms with Gasteiger partial charge in [-0.05, 0) is 49.4 Å². The van der Waals surface area contributed by atoms with E-state index < -0.39 is 97.5 Å². The number of rotatable bonds is 77. The van der Waals surface area contributed by atoms with Gasteiger partial charge >= 0.3 is 39.5 Å². The first-order valence-electron chi connectivity index (χ1n) is 41.2. The van der Waals surface area contributed by atoms with E-state index in [4.69, 9.17) is 37.0 Å². The van der Waals surface area contributed by atoms with Crippen LogP contribution in [0.25, 0.3) is 0 Å². The third-order valence-electron chi connectivity index (χ3n) is 18.6. The SMILES string of the molecule is CC(C)CCCCCCCCCCCCCCCCCCCCC(=O)O[C@H](COC(=O)CCCCCCCCCCCCC(C)C)COP(=O)(O)OC[C@@H](O)COP(=O)(O)OC[C@@H](COC(=O)CCCCCCCCCCCC(C)C)OC(=O)CCCCCCCCCCCCC(C)C. The normalized spacial score (nSPS) is 14.1. The van der Waals surface area contributed by atoms with E-state index >= 15 is 0 Å². The van der Waals surface area contributed by atoms with Crippen molar-refractivity contribution in [3.8, 4) is 0 Å². The molecule has 588 valence electrons. The van der Waals surface area contributed by atoms with Crippen LogP contribution in [0.1, 0.15) is 409 Å². The summed E-state index contributed by atoms with van der Waals surface area (Å²) in [5, 5.41) is 10.6. The fourth-order valence-corrected chi connectivity index (χ4v) is 13.8. The number of aliphatic hydroxyl groups is 1. The molecular weight excluding hydrogens is 1290 g/mol. The molecule has 0 heterocycles. The number of carbonyl (C=O) groups excluding carboxylic acids is 4. The maximum Gasteiger partial charge on any atom is 0.472 e. The van der Waals surface area contributed by atoms with E-state index in [1.54, 1.807) is 0 Å². The Morgan fingerprint density at radius 1 is 0.253 bits per heavy atom. The number of ether oxygens (including phenoxy) is 4. The van der Waals surface area contributed by atoms with Crippen molar-refractivity contribution in [1.29, 1.82) is 0 Å². The summed E-state index contributed by atoms with van der Waals surface area (Å²) < 4.78 is 68.7. The van der Waals surface area contributed by atoms with E-state index in [1.165, 1.54) is 212 Å². The molecule has 0 aliphatic heterocycles. The van der Waals surface area contributed by atoms with Crippen molar-refractivity contribution in [2.24, 2.45) is 23.7 Å². The lowest BCUT2D eigenvalue weighted by atomic mass is 10.0. The quantitative estimate of drug-likeness (QED) is 0.0222. The van der Waals surface area contributed by atoms with Gasteiger partial charge in [0.05, 0.1) is 26.4 Å². The molecule has 0 bridgehead atoms. The van der Waals surface area contributed by atoms with E-state index in [1.807, 2.05) is 0 Å². The maximum absolute atomic E-state index is 13.1. The lowest BCUT2D eigenvalue weighted by Gasteiger charge is -2.21. The summed E-state index contributed by atoms with van der Waals surface area (Å²) in [5.74, 6) is 0.959. The summed E-state index contributed by atoms with van der Waals surface area (Å²) in [6, 6.07) is 0. The van der Waals surface area contributed by atoms with E-state index in [0.29, 0.717) is 25.7 Å². The van der Waals surface area contributed by atoms with Crippen molar-refractivity contribution in [3.05, 3.63) is 0 Å². The molecule has 0 saturated heterocycles. The van der Waals surface area contributed by atoms with E-state index in [-0.39, 0.29) is 25.7 Å². The van der Waals surface area contributed by atoms with Crippen LogP contribution in [0.5, 0.6) is 0 Å². The standard InChI is InChI=1S/C80H156O17P2/c1-70(2)56-48-40-32-24-17-15-13-11-9-10-12-14-16-18-29-38-46-54-62-79(84)96-75(66-90-77(82)60-52-44-36-28-21-19-25-33-41-49-57-71(3)4)68-94-98(86,87)92-64-74(81)65-93-99(88,89)95-69-76(67-91-78(83)61-53-45-37-31-23-27-35-43-51-59-73(7)8)97-80(85)63-55-47-39-30-22-20-26-34-42-50-58-72(5)6/h70-76,81H,9-69H2,1-8H3,(H,86,87)(H,88,89)/t74-,75-,76-/m1/s1. The molecule has 0 aromatic rings. The van der Waals surface area contributed by atoms with Gasteiger partial charge in [0, 0.05) is 25.7 Å².